The summed E-state index contributed by atoms with van der Waals surface area (Å²) in [6.07, 6.45) is 13.2. The molecule has 0 aromatic heterocycles. The average molecular weight is 323 g/mol. The molecule has 2 heteroatoms. The SMILES string of the molecule is CCCCCCCCC1CCCS1.Cc1cccc(C)c1O. The van der Waals surface area contributed by atoms with Crippen molar-refractivity contribution in [2.45, 2.75) is 83.8 Å². The third-order valence-electron chi connectivity index (χ3n) is 4.34. The zero-order chi connectivity index (χ0) is 16.2. The summed E-state index contributed by atoms with van der Waals surface area (Å²) in [7, 11) is 0. The molecule has 0 aliphatic carbocycles. The van der Waals surface area contributed by atoms with E-state index in [0.717, 1.165) is 16.4 Å². The molecule has 1 aliphatic heterocycles. The highest BCUT2D eigenvalue weighted by Gasteiger charge is 2.14. The van der Waals surface area contributed by atoms with Gasteiger partial charge in [-0.2, -0.15) is 11.8 Å². The van der Waals surface area contributed by atoms with E-state index >= 15 is 0 Å². The van der Waals surface area contributed by atoms with Gasteiger partial charge in [-0.3, -0.25) is 0 Å². The van der Waals surface area contributed by atoms with Crippen LogP contribution < -0.4 is 0 Å². The average Bonchev–Trinajstić information content (AvgIpc) is 3.02. The van der Waals surface area contributed by atoms with Crippen molar-refractivity contribution >= 4 is 11.8 Å². The molecule has 0 radical (unpaired) electrons. The van der Waals surface area contributed by atoms with E-state index in [1.54, 1.807) is 0 Å². The fourth-order valence-corrected chi connectivity index (χ4v) is 4.16. The number of para-hydroxylation sites is 1. The van der Waals surface area contributed by atoms with Gasteiger partial charge >= 0.3 is 0 Å². The summed E-state index contributed by atoms with van der Waals surface area (Å²) in [5.41, 5.74) is 1.88. The molecule has 126 valence electrons. The van der Waals surface area contributed by atoms with Crippen molar-refractivity contribution in [2.75, 3.05) is 5.75 Å². The predicted molar refractivity (Wildman–Crippen MR) is 101 cm³/mol. The number of phenolic OH excluding ortho intramolecular Hbond substituents is 1. The zero-order valence-corrected chi connectivity index (χ0v) is 15.6. The molecule has 0 bridgehead atoms. The van der Waals surface area contributed by atoms with Crippen LogP contribution in [0.15, 0.2) is 18.2 Å². The topological polar surface area (TPSA) is 20.2 Å². The molecule has 1 aromatic rings. The van der Waals surface area contributed by atoms with E-state index in [1.807, 2.05) is 32.0 Å². The van der Waals surface area contributed by atoms with E-state index in [9.17, 15) is 5.11 Å². The van der Waals surface area contributed by atoms with Crippen LogP contribution in [0.25, 0.3) is 0 Å². The van der Waals surface area contributed by atoms with E-state index in [4.69, 9.17) is 0 Å². The molecule has 0 spiro atoms. The molecule has 1 aliphatic rings. The third-order valence-corrected chi connectivity index (χ3v) is 5.81. The number of unbranched alkanes of at least 4 members (excludes halogenated alkanes) is 5. The van der Waals surface area contributed by atoms with E-state index in [1.165, 1.54) is 63.5 Å². The number of hydrogen-bond acceptors (Lipinski definition) is 2. The van der Waals surface area contributed by atoms with Gasteiger partial charge < -0.3 is 5.11 Å². The van der Waals surface area contributed by atoms with Crippen LogP contribution in [0.2, 0.25) is 0 Å². The molecule has 1 unspecified atom stereocenters. The Morgan fingerprint density at radius 2 is 1.68 bits per heavy atom. The second-order valence-electron chi connectivity index (χ2n) is 6.43. The highest BCUT2D eigenvalue weighted by atomic mass is 32.2. The first-order chi connectivity index (χ1) is 10.6. The Balaban J connectivity index is 0.000000235. The number of aryl methyl sites for hydroxylation is 2. The van der Waals surface area contributed by atoms with Crippen molar-refractivity contribution in [1.29, 1.82) is 0 Å². The highest BCUT2D eigenvalue weighted by Crippen LogP contribution is 2.30. The van der Waals surface area contributed by atoms with Crippen molar-refractivity contribution in [3.8, 4) is 5.75 Å². The fraction of sp³-hybridized carbons (Fsp3) is 0.700. The maximum Gasteiger partial charge on any atom is 0.121 e. The first kappa shape index (κ1) is 19.4. The van der Waals surface area contributed by atoms with Gasteiger partial charge in [0.05, 0.1) is 0 Å². The summed E-state index contributed by atoms with van der Waals surface area (Å²) >= 11 is 2.21. The van der Waals surface area contributed by atoms with Crippen LogP contribution >= 0.6 is 11.8 Å². The first-order valence-electron chi connectivity index (χ1n) is 9.02. The minimum absolute atomic E-state index is 0.414. The molecule has 2 rings (SSSR count). The number of benzene rings is 1. The third kappa shape index (κ3) is 8.12. The molecule has 1 aromatic carbocycles. The van der Waals surface area contributed by atoms with Crippen LogP contribution in [0.3, 0.4) is 0 Å². The first-order valence-corrected chi connectivity index (χ1v) is 10.1. The number of rotatable bonds is 7. The molecule has 22 heavy (non-hydrogen) atoms. The minimum atomic E-state index is 0.414. The normalized spacial score (nSPS) is 17.1. The van der Waals surface area contributed by atoms with E-state index in [2.05, 4.69) is 18.7 Å². The molecule has 1 N–H and O–H groups in total. The highest BCUT2D eigenvalue weighted by molar-refractivity contribution is 8.00. The lowest BCUT2D eigenvalue weighted by Crippen LogP contribution is -1.95. The Labute approximate surface area is 141 Å². The molecular formula is C20H34OS. The number of hydrogen-bond donors (Lipinski definition) is 1. The van der Waals surface area contributed by atoms with E-state index < -0.39 is 0 Å². The van der Waals surface area contributed by atoms with Crippen LogP contribution in [0, 0.1) is 13.8 Å². The maximum atomic E-state index is 9.21. The van der Waals surface area contributed by atoms with Gasteiger partial charge in [0.15, 0.2) is 0 Å². The monoisotopic (exact) mass is 322 g/mol. The van der Waals surface area contributed by atoms with Crippen molar-refractivity contribution < 1.29 is 5.11 Å². The van der Waals surface area contributed by atoms with Crippen LogP contribution in [0.4, 0.5) is 0 Å². The lowest BCUT2D eigenvalue weighted by atomic mass is 10.1. The van der Waals surface area contributed by atoms with Crippen LogP contribution in [0.1, 0.15) is 75.8 Å². The predicted octanol–water partition coefficient (Wildman–Crippen LogP) is 6.64. The quantitative estimate of drug-likeness (QED) is 0.568. The van der Waals surface area contributed by atoms with Gasteiger partial charge in [-0.05, 0) is 50.0 Å². The Kier molecular flexibility index (Phi) is 10.5. The largest absolute Gasteiger partial charge is 0.507 e. The smallest absolute Gasteiger partial charge is 0.121 e. The standard InChI is InChI=1S/C12H24S.C8H10O/c1-2-3-4-5-6-7-9-12-10-8-11-13-12;1-6-4-3-5-7(2)8(6)9/h12H,2-11H2,1H3;3-5,9H,1-2H3. The van der Waals surface area contributed by atoms with Crippen molar-refractivity contribution in [3.05, 3.63) is 29.3 Å². The fourth-order valence-electron chi connectivity index (χ4n) is 2.83. The van der Waals surface area contributed by atoms with Gasteiger partial charge in [0, 0.05) is 5.25 Å². The van der Waals surface area contributed by atoms with Gasteiger partial charge in [-0.15, -0.1) is 0 Å². The van der Waals surface area contributed by atoms with Gasteiger partial charge in [0.1, 0.15) is 5.75 Å². The summed E-state index contributed by atoms with van der Waals surface area (Å²) < 4.78 is 0. The Morgan fingerprint density at radius 1 is 1.05 bits per heavy atom. The molecule has 0 saturated carbocycles. The molecule has 0 amide bonds. The van der Waals surface area contributed by atoms with Crippen LogP contribution in [-0.4, -0.2) is 16.1 Å². The van der Waals surface area contributed by atoms with Crippen molar-refractivity contribution in [3.63, 3.8) is 0 Å². The Bertz CT molecular complexity index is 376. The Morgan fingerprint density at radius 3 is 2.23 bits per heavy atom. The van der Waals surface area contributed by atoms with Crippen LogP contribution in [0.5, 0.6) is 5.75 Å². The molecule has 1 atom stereocenters. The summed E-state index contributed by atoms with van der Waals surface area (Å²) in [4.78, 5) is 0. The lowest BCUT2D eigenvalue weighted by Gasteiger charge is -2.07. The molecular weight excluding hydrogens is 288 g/mol. The minimum Gasteiger partial charge on any atom is -0.507 e. The van der Waals surface area contributed by atoms with E-state index in [-0.39, 0.29) is 0 Å². The summed E-state index contributed by atoms with van der Waals surface area (Å²) in [5, 5.41) is 10.2. The second-order valence-corrected chi connectivity index (χ2v) is 7.84. The van der Waals surface area contributed by atoms with Gasteiger partial charge in [-0.25, -0.2) is 0 Å². The molecule has 1 nitrogen and oxygen atoms in total. The molecule has 1 fully saturated rings. The summed E-state index contributed by atoms with van der Waals surface area (Å²) in [5.74, 6) is 1.85. The summed E-state index contributed by atoms with van der Waals surface area (Å²) in [6, 6.07) is 5.72. The van der Waals surface area contributed by atoms with Crippen molar-refractivity contribution in [1.82, 2.24) is 0 Å². The van der Waals surface area contributed by atoms with Crippen LogP contribution in [-0.2, 0) is 0 Å². The van der Waals surface area contributed by atoms with Gasteiger partial charge in [-0.1, -0.05) is 63.6 Å². The second kappa shape index (κ2) is 11.9. The number of thioether (sulfide) groups is 1. The van der Waals surface area contributed by atoms with Crippen molar-refractivity contribution in [2.24, 2.45) is 0 Å². The van der Waals surface area contributed by atoms with Gasteiger partial charge in [0.2, 0.25) is 0 Å². The number of phenols is 1. The molecule has 1 saturated heterocycles. The van der Waals surface area contributed by atoms with E-state index in [0.29, 0.717) is 5.75 Å². The Hall–Kier alpha value is -0.630. The summed E-state index contributed by atoms with van der Waals surface area (Å²) in [6.45, 7) is 6.07. The lowest BCUT2D eigenvalue weighted by molar-refractivity contribution is 0.467. The maximum absolute atomic E-state index is 9.21. The molecule has 1 heterocycles. The van der Waals surface area contributed by atoms with Gasteiger partial charge in [0.25, 0.3) is 0 Å². The number of aromatic hydroxyl groups is 1. The zero-order valence-electron chi connectivity index (χ0n) is 14.7.